The number of rotatable bonds is 9. The average molecular weight is 355 g/mol. The zero-order chi connectivity index (χ0) is 18.6. The van der Waals surface area contributed by atoms with Crippen molar-refractivity contribution in [3.63, 3.8) is 0 Å². The highest BCUT2D eigenvalue weighted by Crippen LogP contribution is 2.12. The van der Waals surface area contributed by atoms with Crippen molar-refractivity contribution in [3.05, 3.63) is 70.0 Å². The maximum Gasteiger partial charge on any atom is 0.269 e. The molecule has 0 aliphatic carbocycles. The summed E-state index contributed by atoms with van der Waals surface area (Å²) in [5.74, 6) is 0.743. The lowest BCUT2D eigenvalue weighted by Crippen LogP contribution is -2.39. The van der Waals surface area contributed by atoms with Crippen molar-refractivity contribution in [1.82, 2.24) is 15.6 Å². The van der Waals surface area contributed by atoms with E-state index >= 15 is 0 Å². The van der Waals surface area contributed by atoms with Crippen LogP contribution in [0.2, 0.25) is 0 Å². The largest absolute Gasteiger partial charge is 0.356 e. The first kappa shape index (κ1) is 19.4. The van der Waals surface area contributed by atoms with Gasteiger partial charge in [0.05, 0.1) is 11.5 Å². The molecule has 0 atom stereocenters. The van der Waals surface area contributed by atoms with Crippen LogP contribution in [0.4, 0.5) is 5.69 Å². The van der Waals surface area contributed by atoms with E-state index in [0.717, 1.165) is 49.6 Å². The second-order valence-electron chi connectivity index (χ2n) is 5.87. The molecule has 0 aliphatic heterocycles. The molecule has 0 unspecified atom stereocenters. The van der Waals surface area contributed by atoms with Gasteiger partial charge >= 0.3 is 0 Å². The van der Waals surface area contributed by atoms with Gasteiger partial charge in [0.15, 0.2) is 5.96 Å². The summed E-state index contributed by atoms with van der Waals surface area (Å²) in [6.07, 6.45) is 4.78. The molecule has 138 valence electrons. The number of aromatic nitrogens is 1. The predicted octanol–water partition coefficient (Wildman–Crippen LogP) is 3.07. The molecule has 1 heterocycles. The van der Waals surface area contributed by atoms with Crippen molar-refractivity contribution < 1.29 is 4.92 Å². The van der Waals surface area contributed by atoms with E-state index in [-0.39, 0.29) is 5.69 Å². The summed E-state index contributed by atoms with van der Waals surface area (Å²) in [5.41, 5.74) is 2.05. The minimum atomic E-state index is -0.399. The number of benzene rings is 1. The third-order valence-electron chi connectivity index (χ3n) is 3.79. The molecule has 0 saturated heterocycles. The molecule has 7 heteroatoms. The van der Waals surface area contributed by atoms with Crippen LogP contribution in [-0.2, 0) is 13.0 Å². The molecule has 2 rings (SSSR count). The Morgan fingerprint density at radius 3 is 2.58 bits per heavy atom. The molecule has 0 bridgehead atoms. The molecule has 0 amide bonds. The first-order chi connectivity index (χ1) is 12.7. The molecule has 0 spiro atoms. The highest BCUT2D eigenvalue weighted by atomic mass is 16.6. The fourth-order valence-corrected chi connectivity index (χ4v) is 2.31. The maximum atomic E-state index is 10.7. The topological polar surface area (TPSA) is 92.5 Å². The van der Waals surface area contributed by atoms with E-state index in [0.29, 0.717) is 6.54 Å². The van der Waals surface area contributed by atoms with Gasteiger partial charge < -0.3 is 10.6 Å². The molecule has 2 N–H and O–H groups in total. The van der Waals surface area contributed by atoms with Gasteiger partial charge in [0.1, 0.15) is 0 Å². The quantitative estimate of drug-likeness (QED) is 0.237. The van der Waals surface area contributed by atoms with Crippen molar-refractivity contribution in [3.8, 4) is 0 Å². The van der Waals surface area contributed by atoms with Gasteiger partial charge in [-0.25, -0.2) is 4.99 Å². The van der Waals surface area contributed by atoms with Gasteiger partial charge in [0.25, 0.3) is 5.69 Å². The Hall–Kier alpha value is -2.96. The molecule has 26 heavy (non-hydrogen) atoms. The number of nitrogens with zero attached hydrogens (tertiary/aromatic N) is 3. The Balaban J connectivity index is 1.91. The van der Waals surface area contributed by atoms with Gasteiger partial charge in [0, 0.05) is 43.5 Å². The fraction of sp³-hybridized carbons (Fsp3) is 0.368. The van der Waals surface area contributed by atoms with Gasteiger partial charge in [0.2, 0.25) is 0 Å². The van der Waals surface area contributed by atoms with Gasteiger partial charge in [-0.05, 0) is 24.1 Å². The summed E-state index contributed by atoms with van der Waals surface area (Å²) < 4.78 is 0. The molecule has 0 saturated carbocycles. The number of aliphatic imine (C=N–C) groups is 1. The summed E-state index contributed by atoms with van der Waals surface area (Å²) in [4.78, 5) is 19.2. The van der Waals surface area contributed by atoms with Crippen LogP contribution in [0.5, 0.6) is 0 Å². The van der Waals surface area contributed by atoms with E-state index in [9.17, 15) is 10.1 Å². The lowest BCUT2D eigenvalue weighted by atomic mass is 10.2. The summed E-state index contributed by atoms with van der Waals surface area (Å²) in [5, 5.41) is 17.3. The number of nitro benzene ring substituents is 1. The van der Waals surface area contributed by atoms with E-state index in [1.165, 1.54) is 12.1 Å². The van der Waals surface area contributed by atoms with Crippen molar-refractivity contribution >= 4 is 11.6 Å². The van der Waals surface area contributed by atoms with Crippen LogP contribution >= 0.6 is 0 Å². The molecular formula is C19H25N5O2. The highest BCUT2D eigenvalue weighted by Gasteiger charge is 2.04. The molecule has 0 aliphatic rings. The molecule has 1 aromatic heterocycles. The summed E-state index contributed by atoms with van der Waals surface area (Å²) in [6.45, 7) is 4.19. The lowest BCUT2D eigenvalue weighted by molar-refractivity contribution is -0.384. The summed E-state index contributed by atoms with van der Waals surface area (Å²) >= 11 is 0. The number of nitro groups is 1. The monoisotopic (exact) mass is 355 g/mol. The van der Waals surface area contributed by atoms with Crippen molar-refractivity contribution in [2.45, 2.75) is 32.7 Å². The SMILES string of the molecule is CCCCNC(=NCc1ccc([N+](=O)[O-])cc1)NCCc1ccccn1. The van der Waals surface area contributed by atoms with E-state index in [2.05, 4.69) is 27.5 Å². The number of hydrogen-bond acceptors (Lipinski definition) is 4. The minimum Gasteiger partial charge on any atom is -0.356 e. The Bertz CT molecular complexity index is 702. The normalized spacial score (nSPS) is 11.2. The Labute approximate surface area is 153 Å². The van der Waals surface area contributed by atoms with Crippen LogP contribution in [0.3, 0.4) is 0 Å². The minimum absolute atomic E-state index is 0.0903. The highest BCUT2D eigenvalue weighted by molar-refractivity contribution is 5.79. The van der Waals surface area contributed by atoms with Crippen LogP contribution < -0.4 is 10.6 Å². The number of hydrogen-bond donors (Lipinski definition) is 2. The van der Waals surface area contributed by atoms with Crippen LogP contribution in [0.15, 0.2) is 53.7 Å². The Kier molecular flexibility index (Phi) is 8.05. The van der Waals surface area contributed by atoms with Crippen LogP contribution in [0, 0.1) is 10.1 Å². The van der Waals surface area contributed by atoms with Crippen molar-refractivity contribution in [2.75, 3.05) is 13.1 Å². The predicted molar refractivity (Wildman–Crippen MR) is 103 cm³/mol. The average Bonchev–Trinajstić information content (AvgIpc) is 2.67. The zero-order valence-electron chi connectivity index (χ0n) is 15.0. The van der Waals surface area contributed by atoms with Crippen molar-refractivity contribution in [2.24, 2.45) is 4.99 Å². The second kappa shape index (κ2) is 10.8. The maximum absolute atomic E-state index is 10.7. The molecule has 0 fully saturated rings. The molecule has 7 nitrogen and oxygen atoms in total. The van der Waals surface area contributed by atoms with Gasteiger partial charge in [-0.3, -0.25) is 15.1 Å². The van der Waals surface area contributed by atoms with Crippen LogP contribution in [-0.4, -0.2) is 29.0 Å². The summed E-state index contributed by atoms with van der Waals surface area (Å²) in [6, 6.07) is 12.4. The third-order valence-corrected chi connectivity index (χ3v) is 3.79. The first-order valence-electron chi connectivity index (χ1n) is 8.84. The number of guanidine groups is 1. The van der Waals surface area contributed by atoms with Crippen molar-refractivity contribution in [1.29, 1.82) is 0 Å². The van der Waals surface area contributed by atoms with E-state index in [1.807, 2.05) is 18.2 Å². The van der Waals surface area contributed by atoms with Gasteiger partial charge in [-0.2, -0.15) is 0 Å². The van der Waals surface area contributed by atoms with Gasteiger partial charge in [-0.1, -0.05) is 31.5 Å². The molecule has 1 aromatic carbocycles. The third kappa shape index (κ3) is 6.88. The standard InChI is InChI=1S/C19H25N5O2/c1-2-3-12-21-19(22-14-11-17-6-4-5-13-20-17)23-15-16-7-9-18(10-8-16)24(25)26/h4-10,13H,2-3,11-12,14-15H2,1H3,(H2,21,22,23). The Morgan fingerprint density at radius 1 is 1.15 bits per heavy atom. The zero-order valence-corrected chi connectivity index (χ0v) is 15.0. The van der Waals surface area contributed by atoms with E-state index in [1.54, 1.807) is 18.3 Å². The smallest absolute Gasteiger partial charge is 0.269 e. The Morgan fingerprint density at radius 2 is 1.92 bits per heavy atom. The number of unbranched alkanes of at least 4 members (excludes halogenated alkanes) is 1. The molecular weight excluding hydrogens is 330 g/mol. The van der Waals surface area contributed by atoms with E-state index in [4.69, 9.17) is 0 Å². The first-order valence-corrected chi connectivity index (χ1v) is 8.84. The van der Waals surface area contributed by atoms with Crippen LogP contribution in [0.1, 0.15) is 31.0 Å². The number of nitrogens with one attached hydrogen (secondary N) is 2. The second-order valence-corrected chi connectivity index (χ2v) is 5.87. The van der Waals surface area contributed by atoms with Gasteiger partial charge in [-0.15, -0.1) is 0 Å². The number of pyridine rings is 1. The summed E-state index contributed by atoms with van der Waals surface area (Å²) in [7, 11) is 0. The molecule has 2 aromatic rings. The number of non-ortho nitro benzene ring substituents is 1. The van der Waals surface area contributed by atoms with Crippen LogP contribution in [0.25, 0.3) is 0 Å². The lowest BCUT2D eigenvalue weighted by Gasteiger charge is -2.12. The fourth-order valence-electron chi connectivity index (χ4n) is 2.31. The van der Waals surface area contributed by atoms with E-state index < -0.39 is 4.92 Å². The molecule has 0 radical (unpaired) electrons.